The Balaban J connectivity index is 2.46. The van der Waals surface area contributed by atoms with Gasteiger partial charge in [-0.2, -0.15) is 0 Å². The van der Waals surface area contributed by atoms with E-state index in [1.54, 1.807) is 0 Å². The smallest absolute Gasteiger partial charge is 0.147 e. The van der Waals surface area contributed by atoms with Crippen LogP contribution in [0.25, 0.3) is 0 Å². The van der Waals surface area contributed by atoms with Crippen LogP contribution >= 0.6 is 0 Å². The third-order valence-corrected chi connectivity index (χ3v) is 1.65. The van der Waals surface area contributed by atoms with Gasteiger partial charge in [-0.15, -0.1) is 6.58 Å². The first-order valence-electron chi connectivity index (χ1n) is 3.12. The van der Waals surface area contributed by atoms with Crippen molar-refractivity contribution in [3.8, 4) is 0 Å². The first-order chi connectivity index (χ1) is 4.27. The Bertz CT molecular complexity index is 103. The van der Waals surface area contributed by atoms with Crippen LogP contribution in [0.1, 0.15) is 13.3 Å². The Morgan fingerprint density at radius 2 is 2.44 bits per heavy atom. The molecule has 0 aromatic heterocycles. The first-order valence-corrected chi connectivity index (χ1v) is 3.12. The van der Waals surface area contributed by atoms with Gasteiger partial charge >= 0.3 is 0 Å². The Morgan fingerprint density at radius 3 is 2.78 bits per heavy atom. The predicted molar refractivity (Wildman–Crippen MR) is 35.1 cm³/mol. The maximum Gasteiger partial charge on any atom is 0.147 e. The number of hydrogen-bond donors (Lipinski definition) is 0. The van der Waals surface area contributed by atoms with Crippen molar-refractivity contribution in [2.24, 2.45) is 0 Å². The van der Waals surface area contributed by atoms with E-state index in [9.17, 15) is 0 Å². The second-order valence-electron chi connectivity index (χ2n) is 2.44. The quantitative estimate of drug-likeness (QED) is 0.496. The van der Waals surface area contributed by atoms with E-state index in [0.29, 0.717) is 6.79 Å². The second-order valence-corrected chi connectivity index (χ2v) is 2.44. The van der Waals surface area contributed by atoms with Crippen molar-refractivity contribution in [2.75, 3.05) is 13.4 Å². The Morgan fingerprint density at radius 1 is 1.67 bits per heavy atom. The van der Waals surface area contributed by atoms with Crippen molar-refractivity contribution in [1.29, 1.82) is 0 Å². The van der Waals surface area contributed by atoms with Crippen LogP contribution in [-0.2, 0) is 9.47 Å². The van der Waals surface area contributed by atoms with E-state index in [4.69, 9.17) is 9.47 Å². The summed E-state index contributed by atoms with van der Waals surface area (Å²) in [6.45, 7) is 6.88. The summed E-state index contributed by atoms with van der Waals surface area (Å²) in [6, 6.07) is 0. The lowest BCUT2D eigenvalue weighted by atomic mass is 10.0. The van der Waals surface area contributed by atoms with Crippen LogP contribution in [0.4, 0.5) is 0 Å². The molecule has 1 fully saturated rings. The molecule has 52 valence electrons. The highest BCUT2D eigenvalue weighted by molar-refractivity contribution is 4.94. The molecule has 0 spiro atoms. The van der Waals surface area contributed by atoms with E-state index in [1.165, 1.54) is 0 Å². The summed E-state index contributed by atoms with van der Waals surface area (Å²) >= 11 is 0. The molecule has 0 aromatic rings. The molecule has 0 aromatic carbocycles. The fraction of sp³-hybridized carbons (Fsp3) is 0.714. The van der Waals surface area contributed by atoms with Gasteiger partial charge in [0.2, 0.25) is 0 Å². The minimum absolute atomic E-state index is 0.141. The lowest BCUT2D eigenvalue weighted by Gasteiger charge is -2.30. The highest BCUT2D eigenvalue weighted by Gasteiger charge is 2.23. The number of hydrogen-bond acceptors (Lipinski definition) is 2. The molecular weight excluding hydrogens is 116 g/mol. The Labute approximate surface area is 55.5 Å². The maximum absolute atomic E-state index is 5.27. The van der Waals surface area contributed by atoms with Crippen molar-refractivity contribution in [1.82, 2.24) is 0 Å². The average Bonchev–Trinajstić information content (AvgIpc) is 1.90. The molecule has 2 heteroatoms. The monoisotopic (exact) mass is 128 g/mol. The van der Waals surface area contributed by atoms with Crippen LogP contribution in [0, 0.1) is 0 Å². The molecule has 0 aliphatic carbocycles. The highest BCUT2D eigenvalue weighted by Crippen LogP contribution is 2.20. The fourth-order valence-corrected chi connectivity index (χ4v) is 0.743. The van der Waals surface area contributed by atoms with Crippen LogP contribution in [0.2, 0.25) is 0 Å². The fourth-order valence-electron chi connectivity index (χ4n) is 0.743. The first kappa shape index (κ1) is 6.78. The van der Waals surface area contributed by atoms with Crippen LogP contribution < -0.4 is 0 Å². The second kappa shape index (κ2) is 2.50. The summed E-state index contributed by atoms with van der Waals surface area (Å²) in [5.41, 5.74) is -0.141. The van der Waals surface area contributed by atoms with Crippen molar-refractivity contribution in [3.05, 3.63) is 12.7 Å². The summed E-state index contributed by atoms with van der Waals surface area (Å²) in [5.74, 6) is 0. The van der Waals surface area contributed by atoms with E-state index in [1.807, 2.05) is 13.0 Å². The van der Waals surface area contributed by atoms with E-state index >= 15 is 0 Å². The molecule has 0 amide bonds. The molecule has 9 heavy (non-hydrogen) atoms. The molecule has 1 saturated heterocycles. The van der Waals surface area contributed by atoms with E-state index < -0.39 is 0 Å². The van der Waals surface area contributed by atoms with Crippen LogP contribution in [-0.4, -0.2) is 19.0 Å². The molecule has 2 nitrogen and oxygen atoms in total. The van der Waals surface area contributed by atoms with Gasteiger partial charge in [0.1, 0.15) is 6.79 Å². The summed E-state index contributed by atoms with van der Waals surface area (Å²) in [4.78, 5) is 0. The molecule has 1 rings (SSSR count). The minimum Gasteiger partial charge on any atom is -0.355 e. The Kier molecular flexibility index (Phi) is 1.88. The van der Waals surface area contributed by atoms with Gasteiger partial charge in [-0.3, -0.25) is 0 Å². The van der Waals surface area contributed by atoms with Gasteiger partial charge in [0, 0.05) is 6.42 Å². The third kappa shape index (κ3) is 1.53. The SMILES string of the molecule is C=CC1(C)CCOCO1. The molecule has 1 unspecified atom stereocenters. The summed E-state index contributed by atoms with van der Waals surface area (Å²) < 4.78 is 10.3. The summed E-state index contributed by atoms with van der Waals surface area (Å²) in [7, 11) is 0. The van der Waals surface area contributed by atoms with E-state index in [0.717, 1.165) is 13.0 Å². The van der Waals surface area contributed by atoms with Gasteiger partial charge in [0.15, 0.2) is 0 Å². The van der Waals surface area contributed by atoms with Crippen molar-refractivity contribution < 1.29 is 9.47 Å². The molecule has 1 aliphatic heterocycles. The standard InChI is InChI=1S/C7H12O2/c1-3-7(2)4-5-8-6-9-7/h3H,1,4-6H2,2H3. The molecular formula is C7H12O2. The maximum atomic E-state index is 5.27. The van der Waals surface area contributed by atoms with Crippen LogP contribution in [0.3, 0.4) is 0 Å². The summed E-state index contributed by atoms with van der Waals surface area (Å²) in [5, 5.41) is 0. The zero-order valence-corrected chi connectivity index (χ0v) is 5.72. The molecule has 0 radical (unpaired) electrons. The topological polar surface area (TPSA) is 18.5 Å². The van der Waals surface area contributed by atoms with E-state index in [-0.39, 0.29) is 5.60 Å². The van der Waals surface area contributed by atoms with Gasteiger partial charge in [0.05, 0.1) is 12.2 Å². The number of ether oxygens (including phenoxy) is 2. The van der Waals surface area contributed by atoms with Gasteiger partial charge in [-0.25, -0.2) is 0 Å². The van der Waals surface area contributed by atoms with Gasteiger partial charge in [0.25, 0.3) is 0 Å². The molecule has 0 saturated carbocycles. The molecule has 1 heterocycles. The third-order valence-electron chi connectivity index (χ3n) is 1.65. The van der Waals surface area contributed by atoms with Crippen molar-refractivity contribution >= 4 is 0 Å². The minimum atomic E-state index is -0.141. The number of rotatable bonds is 1. The lowest BCUT2D eigenvalue weighted by Crippen LogP contribution is -2.33. The lowest BCUT2D eigenvalue weighted by molar-refractivity contribution is -0.165. The highest BCUT2D eigenvalue weighted by atomic mass is 16.7. The zero-order chi connectivity index (χ0) is 6.74. The largest absolute Gasteiger partial charge is 0.355 e. The normalized spacial score (nSPS) is 36.1. The van der Waals surface area contributed by atoms with Crippen molar-refractivity contribution in [3.63, 3.8) is 0 Å². The molecule has 0 N–H and O–H groups in total. The molecule has 0 bridgehead atoms. The zero-order valence-electron chi connectivity index (χ0n) is 5.72. The molecule has 1 aliphatic rings. The summed E-state index contributed by atoms with van der Waals surface area (Å²) in [6.07, 6.45) is 2.74. The van der Waals surface area contributed by atoms with E-state index in [2.05, 4.69) is 6.58 Å². The van der Waals surface area contributed by atoms with Gasteiger partial charge < -0.3 is 9.47 Å². The molecule has 1 atom stereocenters. The Hall–Kier alpha value is -0.340. The van der Waals surface area contributed by atoms with Gasteiger partial charge in [-0.1, -0.05) is 6.08 Å². The average molecular weight is 128 g/mol. The van der Waals surface area contributed by atoms with Gasteiger partial charge in [-0.05, 0) is 6.92 Å². The van der Waals surface area contributed by atoms with Crippen molar-refractivity contribution in [2.45, 2.75) is 18.9 Å². The predicted octanol–water partition coefficient (Wildman–Crippen LogP) is 1.33. The van der Waals surface area contributed by atoms with Crippen LogP contribution in [0.15, 0.2) is 12.7 Å². The van der Waals surface area contributed by atoms with Crippen LogP contribution in [0.5, 0.6) is 0 Å².